The van der Waals surface area contributed by atoms with Crippen molar-refractivity contribution in [1.29, 1.82) is 0 Å². The summed E-state index contributed by atoms with van der Waals surface area (Å²) in [6.45, 7) is 4.06. The van der Waals surface area contributed by atoms with Gasteiger partial charge in [0.15, 0.2) is 6.61 Å². The number of pyridine rings is 1. The van der Waals surface area contributed by atoms with Crippen LogP contribution in [-0.4, -0.2) is 29.0 Å². The van der Waals surface area contributed by atoms with Crippen molar-refractivity contribution in [3.8, 4) is 22.8 Å². The number of imidazole rings is 1. The predicted molar refractivity (Wildman–Crippen MR) is 122 cm³/mol. The number of anilines is 1. The number of benzene rings is 2. The summed E-state index contributed by atoms with van der Waals surface area (Å²) in [6, 6.07) is 19.3. The van der Waals surface area contributed by atoms with Gasteiger partial charge in [-0.05, 0) is 67.4 Å². The first kappa shape index (κ1) is 20.5. The zero-order chi connectivity index (χ0) is 21.8. The molecule has 6 nitrogen and oxygen atoms in total. The molecule has 31 heavy (non-hydrogen) atoms. The molecule has 4 rings (SSSR count). The van der Waals surface area contributed by atoms with Gasteiger partial charge in [-0.1, -0.05) is 19.1 Å². The number of hydrogen-bond acceptors (Lipinski definition) is 4. The maximum atomic E-state index is 12.3. The summed E-state index contributed by atoms with van der Waals surface area (Å²) in [6.07, 6.45) is 2.84. The molecule has 158 valence electrons. The molecule has 1 N–H and O–H groups in total. The van der Waals surface area contributed by atoms with Crippen LogP contribution >= 0.6 is 0 Å². The molecule has 0 fully saturated rings. The number of aromatic nitrogens is 2. The number of aryl methyl sites for hydroxylation is 2. The molecule has 0 saturated carbocycles. The monoisotopic (exact) mass is 415 g/mol. The lowest BCUT2D eigenvalue weighted by atomic mass is 10.1. The second-order valence-corrected chi connectivity index (χ2v) is 7.25. The van der Waals surface area contributed by atoms with E-state index in [1.54, 1.807) is 7.11 Å². The van der Waals surface area contributed by atoms with Crippen molar-refractivity contribution in [2.75, 3.05) is 19.0 Å². The highest BCUT2D eigenvalue weighted by molar-refractivity contribution is 5.92. The average Bonchev–Trinajstić information content (AvgIpc) is 3.14. The quantitative estimate of drug-likeness (QED) is 0.466. The lowest BCUT2D eigenvalue weighted by molar-refractivity contribution is -0.118. The molecule has 0 aliphatic carbocycles. The van der Waals surface area contributed by atoms with E-state index in [1.165, 1.54) is 5.56 Å². The van der Waals surface area contributed by atoms with E-state index in [0.717, 1.165) is 34.8 Å². The summed E-state index contributed by atoms with van der Waals surface area (Å²) >= 11 is 0. The molecule has 2 aromatic heterocycles. The van der Waals surface area contributed by atoms with Gasteiger partial charge >= 0.3 is 0 Å². The summed E-state index contributed by atoms with van der Waals surface area (Å²) in [7, 11) is 1.65. The molecule has 2 aromatic carbocycles. The Morgan fingerprint density at radius 2 is 1.71 bits per heavy atom. The van der Waals surface area contributed by atoms with Crippen LogP contribution < -0.4 is 14.8 Å². The van der Waals surface area contributed by atoms with Gasteiger partial charge in [0.25, 0.3) is 5.91 Å². The zero-order valence-electron chi connectivity index (χ0n) is 17.9. The number of ether oxygens (including phenoxy) is 2. The third-order valence-corrected chi connectivity index (χ3v) is 5.21. The van der Waals surface area contributed by atoms with E-state index in [9.17, 15) is 4.79 Å². The number of nitrogens with one attached hydrogen (secondary N) is 1. The van der Waals surface area contributed by atoms with E-state index in [4.69, 9.17) is 14.5 Å². The van der Waals surface area contributed by atoms with Gasteiger partial charge in [-0.25, -0.2) is 4.98 Å². The van der Waals surface area contributed by atoms with E-state index < -0.39 is 0 Å². The average molecular weight is 415 g/mol. The van der Waals surface area contributed by atoms with E-state index >= 15 is 0 Å². The molecular formula is C25H25N3O3. The van der Waals surface area contributed by atoms with Gasteiger partial charge in [0.05, 0.1) is 18.5 Å². The van der Waals surface area contributed by atoms with Gasteiger partial charge in [0.1, 0.15) is 17.1 Å². The maximum absolute atomic E-state index is 12.3. The van der Waals surface area contributed by atoms with Crippen LogP contribution in [0.5, 0.6) is 11.5 Å². The van der Waals surface area contributed by atoms with Crippen LogP contribution in [0.2, 0.25) is 0 Å². The van der Waals surface area contributed by atoms with Gasteiger partial charge in [0.2, 0.25) is 0 Å². The molecule has 0 bridgehead atoms. The summed E-state index contributed by atoms with van der Waals surface area (Å²) in [5.41, 5.74) is 5.62. The number of carbonyl (C=O) groups is 1. The Kier molecular flexibility index (Phi) is 5.89. The number of hydrogen-bond donors (Lipinski definition) is 1. The fraction of sp³-hybridized carbons (Fsp3) is 0.200. The largest absolute Gasteiger partial charge is 0.497 e. The molecule has 2 heterocycles. The van der Waals surface area contributed by atoms with Gasteiger partial charge < -0.3 is 19.2 Å². The van der Waals surface area contributed by atoms with Crippen LogP contribution in [0.25, 0.3) is 16.9 Å². The van der Waals surface area contributed by atoms with Crippen LogP contribution in [0.3, 0.4) is 0 Å². The molecule has 6 heteroatoms. The summed E-state index contributed by atoms with van der Waals surface area (Å²) < 4.78 is 12.8. The SMILES string of the molecule is CCc1ccc(OCC(=O)Nc2ccc3nc(-c4ccc(OC)cc4)c(C)n3c2)cc1. The third kappa shape index (κ3) is 4.53. The molecular weight excluding hydrogens is 390 g/mol. The minimum Gasteiger partial charge on any atom is -0.497 e. The molecule has 4 aromatic rings. The number of amides is 1. The van der Waals surface area contributed by atoms with Gasteiger partial charge in [0, 0.05) is 17.5 Å². The van der Waals surface area contributed by atoms with Gasteiger partial charge in [-0.15, -0.1) is 0 Å². The standard InChI is InChI=1S/C25H25N3O3/c1-4-18-5-10-22(11-6-18)31-16-24(29)26-20-9-14-23-27-25(17(2)28(23)15-20)19-7-12-21(30-3)13-8-19/h5-15H,4,16H2,1-3H3,(H,26,29). The van der Waals surface area contributed by atoms with Gasteiger partial charge in [-0.2, -0.15) is 0 Å². The lowest BCUT2D eigenvalue weighted by Gasteiger charge is -2.09. The maximum Gasteiger partial charge on any atom is 0.262 e. The highest BCUT2D eigenvalue weighted by Gasteiger charge is 2.12. The molecule has 0 spiro atoms. The molecule has 0 aliphatic heterocycles. The van der Waals surface area contributed by atoms with Crippen molar-refractivity contribution in [1.82, 2.24) is 9.38 Å². The number of nitrogens with zero attached hydrogens (tertiary/aromatic N) is 2. The first-order valence-electron chi connectivity index (χ1n) is 10.2. The lowest BCUT2D eigenvalue weighted by Crippen LogP contribution is -2.20. The fourth-order valence-corrected chi connectivity index (χ4v) is 3.43. The molecule has 0 radical (unpaired) electrons. The topological polar surface area (TPSA) is 64.9 Å². The van der Waals surface area contributed by atoms with Crippen molar-refractivity contribution >= 4 is 17.2 Å². The number of rotatable bonds is 7. The fourth-order valence-electron chi connectivity index (χ4n) is 3.43. The smallest absolute Gasteiger partial charge is 0.262 e. The van der Waals surface area contributed by atoms with Crippen molar-refractivity contribution in [3.05, 3.63) is 78.1 Å². The summed E-state index contributed by atoms with van der Waals surface area (Å²) in [4.78, 5) is 17.1. The van der Waals surface area contributed by atoms with Crippen molar-refractivity contribution in [2.45, 2.75) is 20.3 Å². The second kappa shape index (κ2) is 8.92. The van der Waals surface area contributed by atoms with Crippen LogP contribution in [-0.2, 0) is 11.2 Å². The van der Waals surface area contributed by atoms with Crippen molar-refractivity contribution < 1.29 is 14.3 Å². The van der Waals surface area contributed by atoms with Crippen LogP contribution in [0.4, 0.5) is 5.69 Å². The third-order valence-electron chi connectivity index (χ3n) is 5.21. The van der Waals surface area contributed by atoms with E-state index in [1.807, 2.05) is 78.2 Å². The first-order valence-corrected chi connectivity index (χ1v) is 10.2. The molecule has 0 atom stereocenters. The molecule has 0 unspecified atom stereocenters. The Bertz CT molecular complexity index is 1200. The van der Waals surface area contributed by atoms with Crippen molar-refractivity contribution in [2.24, 2.45) is 0 Å². The number of fused-ring (bicyclic) bond motifs is 1. The zero-order valence-corrected chi connectivity index (χ0v) is 17.9. The Morgan fingerprint density at radius 1 is 1.00 bits per heavy atom. The Morgan fingerprint density at radius 3 is 2.39 bits per heavy atom. The highest BCUT2D eigenvalue weighted by atomic mass is 16.5. The van der Waals surface area contributed by atoms with E-state index in [0.29, 0.717) is 11.4 Å². The predicted octanol–water partition coefficient (Wildman–Crippen LogP) is 4.90. The molecule has 0 aliphatic rings. The van der Waals surface area contributed by atoms with E-state index in [2.05, 4.69) is 12.2 Å². The highest BCUT2D eigenvalue weighted by Crippen LogP contribution is 2.26. The normalized spacial score (nSPS) is 10.8. The van der Waals surface area contributed by atoms with Gasteiger partial charge in [-0.3, -0.25) is 4.79 Å². The Labute approximate surface area is 181 Å². The first-order chi connectivity index (χ1) is 15.1. The molecule has 1 amide bonds. The second-order valence-electron chi connectivity index (χ2n) is 7.25. The summed E-state index contributed by atoms with van der Waals surface area (Å²) in [5, 5.41) is 2.89. The van der Waals surface area contributed by atoms with Crippen LogP contribution in [0, 0.1) is 6.92 Å². The number of carbonyl (C=O) groups excluding carboxylic acids is 1. The minimum absolute atomic E-state index is 0.0521. The minimum atomic E-state index is -0.216. The van der Waals surface area contributed by atoms with Crippen LogP contribution in [0.15, 0.2) is 66.9 Å². The van der Waals surface area contributed by atoms with Crippen molar-refractivity contribution in [3.63, 3.8) is 0 Å². The Hall–Kier alpha value is -3.80. The summed E-state index contributed by atoms with van der Waals surface area (Å²) in [5.74, 6) is 1.27. The Balaban J connectivity index is 1.46. The molecule has 0 saturated heterocycles. The number of methoxy groups -OCH3 is 1. The van der Waals surface area contributed by atoms with Crippen LogP contribution in [0.1, 0.15) is 18.2 Å². The van der Waals surface area contributed by atoms with E-state index in [-0.39, 0.29) is 12.5 Å².